The number of amides is 1. The lowest BCUT2D eigenvalue weighted by Gasteiger charge is -2.12. The molecule has 0 aliphatic carbocycles. The topological polar surface area (TPSA) is 71.5 Å². The van der Waals surface area contributed by atoms with E-state index in [0.29, 0.717) is 12.0 Å². The molecule has 0 fully saturated rings. The summed E-state index contributed by atoms with van der Waals surface area (Å²) >= 11 is 0. The highest BCUT2D eigenvalue weighted by Crippen LogP contribution is 2.24. The fraction of sp³-hybridized carbons (Fsp3) is 0.250. The summed E-state index contributed by atoms with van der Waals surface area (Å²) in [5.41, 5.74) is 0.536. The Morgan fingerprint density at radius 3 is 2.83 bits per heavy atom. The van der Waals surface area contributed by atoms with E-state index in [1.807, 2.05) is 0 Å². The van der Waals surface area contributed by atoms with Crippen LogP contribution in [0.15, 0.2) is 36.5 Å². The Hall–Kier alpha value is -2.54. The number of hydrogen-bond donors (Lipinski definition) is 2. The average molecular weight is 322 g/mol. The van der Waals surface area contributed by atoms with E-state index in [4.69, 9.17) is 4.74 Å². The molecule has 2 aromatic rings. The molecule has 0 bridgehead atoms. The van der Waals surface area contributed by atoms with Gasteiger partial charge < -0.3 is 15.2 Å². The number of hydrogen-bond acceptors (Lipinski definition) is 4. The van der Waals surface area contributed by atoms with Crippen LogP contribution in [0.4, 0.5) is 8.78 Å². The van der Waals surface area contributed by atoms with Crippen molar-refractivity contribution in [2.24, 2.45) is 0 Å². The van der Waals surface area contributed by atoms with Crippen molar-refractivity contribution in [1.82, 2.24) is 10.3 Å². The summed E-state index contributed by atoms with van der Waals surface area (Å²) in [7, 11) is 0. The molecule has 1 amide bonds. The second-order valence-corrected chi connectivity index (χ2v) is 4.79. The Morgan fingerprint density at radius 1 is 1.35 bits per heavy atom. The molecular formula is C16H16F2N2O3. The Labute approximate surface area is 131 Å². The molecule has 1 atom stereocenters. The van der Waals surface area contributed by atoms with Crippen LogP contribution in [0.2, 0.25) is 0 Å². The van der Waals surface area contributed by atoms with E-state index >= 15 is 0 Å². The number of carbonyl (C=O) groups excluding carboxylic acids is 1. The van der Waals surface area contributed by atoms with Gasteiger partial charge in [0, 0.05) is 24.4 Å². The Morgan fingerprint density at radius 2 is 2.13 bits per heavy atom. The molecule has 0 radical (unpaired) electrons. The van der Waals surface area contributed by atoms with Crippen molar-refractivity contribution in [3.63, 3.8) is 0 Å². The Kier molecular flexibility index (Phi) is 5.59. The third-order valence-electron chi connectivity index (χ3n) is 3.10. The van der Waals surface area contributed by atoms with E-state index in [2.05, 4.69) is 10.3 Å². The predicted octanol–water partition coefficient (Wildman–Crippen LogP) is 2.54. The lowest BCUT2D eigenvalue weighted by atomic mass is 10.2. The summed E-state index contributed by atoms with van der Waals surface area (Å²) in [5.74, 6) is -2.26. The van der Waals surface area contributed by atoms with Gasteiger partial charge in [0.25, 0.3) is 0 Å². The van der Waals surface area contributed by atoms with Gasteiger partial charge in [0.15, 0.2) is 11.6 Å². The van der Waals surface area contributed by atoms with Crippen LogP contribution in [0.3, 0.4) is 0 Å². The highest BCUT2D eigenvalue weighted by atomic mass is 19.2. The zero-order chi connectivity index (χ0) is 16.8. The van der Waals surface area contributed by atoms with Gasteiger partial charge in [-0.3, -0.25) is 4.79 Å². The minimum atomic E-state index is -1.08. The van der Waals surface area contributed by atoms with Crippen LogP contribution >= 0.6 is 0 Å². The van der Waals surface area contributed by atoms with Crippen molar-refractivity contribution in [2.75, 3.05) is 0 Å². The van der Waals surface area contributed by atoms with E-state index in [9.17, 15) is 18.7 Å². The van der Waals surface area contributed by atoms with Gasteiger partial charge in [-0.2, -0.15) is 0 Å². The maximum Gasteiger partial charge on any atom is 0.249 e. The molecule has 2 N–H and O–H groups in total. The number of nitrogens with zero attached hydrogens (tertiary/aromatic N) is 1. The second-order valence-electron chi connectivity index (χ2n) is 4.79. The molecule has 122 valence electrons. The molecule has 7 heteroatoms. The predicted molar refractivity (Wildman–Crippen MR) is 78.8 cm³/mol. The molecular weight excluding hydrogens is 306 g/mol. The first-order valence-corrected chi connectivity index (χ1v) is 7.03. The van der Waals surface area contributed by atoms with Crippen LogP contribution < -0.4 is 10.1 Å². The highest BCUT2D eigenvalue weighted by molar-refractivity contribution is 5.80. The SMILES string of the molecule is CCC(O)C(=O)NCc1cccnc1Oc1ccc(F)c(F)c1. The van der Waals surface area contributed by atoms with Gasteiger partial charge in [-0.1, -0.05) is 13.0 Å². The zero-order valence-corrected chi connectivity index (χ0v) is 12.4. The smallest absolute Gasteiger partial charge is 0.249 e. The summed E-state index contributed by atoms with van der Waals surface area (Å²) < 4.78 is 31.6. The van der Waals surface area contributed by atoms with Crippen molar-refractivity contribution < 1.29 is 23.4 Å². The van der Waals surface area contributed by atoms with E-state index in [0.717, 1.165) is 12.1 Å². The third kappa shape index (κ3) is 4.46. The Balaban J connectivity index is 2.11. The van der Waals surface area contributed by atoms with Gasteiger partial charge in [0.2, 0.25) is 11.8 Å². The number of aliphatic hydroxyl groups is 1. The fourth-order valence-corrected chi connectivity index (χ4v) is 1.79. The van der Waals surface area contributed by atoms with Crippen LogP contribution in [0.1, 0.15) is 18.9 Å². The summed E-state index contributed by atoms with van der Waals surface area (Å²) in [6.07, 6.45) is 0.695. The molecule has 5 nitrogen and oxygen atoms in total. The molecule has 1 aromatic carbocycles. The van der Waals surface area contributed by atoms with E-state index < -0.39 is 23.6 Å². The van der Waals surface area contributed by atoms with Crippen LogP contribution in [-0.4, -0.2) is 22.1 Å². The lowest BCUT2D eigenvalue weighted by Crippen LogP contribution is -2.33. The number of aromatic nitrogens is 1. The maximum atomic E-state index is 13.2. The molecule has 0 aliphatic rings. The van der Waals surface area contributed by atoms with Gasteiger partial charge in [-0.05, 0) is 24.6 Å². The molecule has 1 unspecified atom stereocenters. The van der Waals surface area contributed by atoms with Gasteiger partial charge in [-0.15, -0.1) is 0 Å². The minimum absolute atomic E-state index is 0.0861. The number of pyridine rings is 1. The molecule has 0 aliphatic heterocycles. The van der Waals surface area contributed by atoms with Crippen LogP contribution in [0, 0.1) is 11.6 Å². The summed E-state index contributed by atoms with van der Waals surface area (Å²) in [6, 6.07) is 6.45. The largest absolute Gasteiger partial charge is 0.439 e. The molecule has 0 spiro atoms. The number of rotatable bonds is 6. The molecule has 0 saturated heterocycles. The lowest BCUT2D eigenvalue weighted by molar-refractivity contribution is -0.129. The molecule has 23 heavy (non-hydrogen) atoms. The standard InChI is InChI=1S/C16H16F2N2O3/c1-2-14(21)15(22)20-9-10-4-3-7-19-16(10)23-11-5-6-12(17)13(18)8-11/h3-8,14,21H,2,9H2,1H3,(H,20,22). The van der Waals surface area contributed by atoms with E-state index in [1.165, 1.54) is 12.3 Å². The van der Waals surface area contributed by atoms with Crippen molar-refractivity contribution in [1.29, 1.82) is 0 Å². The van der Waals surface area contributed by atoms with Crippen LogP contribution in [-0.2, 0) is 11.3 Å². The molecule has 0 saturated carbocycles. The first-order chi connectivity index (χ1) is 11.0. The minimum Gasteiger partial charge on any atom is -0.439 e. The first-order valence-electron chi connectivity index (χ1n) is 7.03. The monoisotopic (exact) mass is 322 g/mol. The molecule has 1 aromatic heterocycles. The van der Waals surface area contributed by atoms with E-state index in [1.54, 1.807) is 19.1 Å². The summed E-state index contributed by atoms with van der Waals surface area (Å²) in [6.45, 7) is 1.77. The zero-order valence-electron chi connectivity index (χ0n) is 12.4. The Bertz CT molecular complexity index is 695. The number of carbonyl (C=O) groups is 1. The quantitative estimate of drug-likeness (QED) is 0.857. The number of ether oxygens (including phenoxy) is 1. The summed E-state index contributed by atoms with van der Waals surface area (Å²) in [5, 5.41) is 12.0. The van der Waals surface area contributed by atoms with Crippen molar-refractivity contribution >= 4 is 5.91 Å². The maximum absolute atomic E-state index is 13.2. The van der Waals surface area contributed by atoms with Gasteiger partial charge >= 0.3 is 0 Å². The van der Waals surface area contributed by atoms with Crippen LogP contribution in [0.25, 0.3) is 0 Å². The normalized spacial score (nSPS) is 11.8. The summed E-state index contributed by atoms with van der Waals surface area (Å²) in [4.78, 5) is 15.6. The number of nitrogens with one attached hydrogen (secondary N) is 1. The number of halogens is 2. The first kappa shape index (κ1) is 16.8. The highest BCUT2D eigenvalue weighted by Gasteiger charge is 2.14. The molecule has 2 rings (SSSR count). The van der Waals surface area contributed by atoms with Crippen molar-refractivity contribution in [3.8, 4) is 11.6 Å². The van der Waals surface area contributed by atoms with Gasteiger partial charge in [-0.25, -0.2) is 13.8 Å². The number of aliphatic hydroxyl groups excluding tert-OH is 1. The fourth-order valence-electron chi connectivity index (χ4n) is 1.79. The van der Waals surface area contributed by atoms with E-state index in [-0.39, 0.29) is 18.2 Å². The van der Waals surface area contributed by atoms with Crippen LogP contribution in [0.5, 0.6) is 11.6 Å². The molecule has 1 heterocycles. The van der Waals surface area contributed by atoms with Gasteiger partial charge in [0.1, 0.15) is 11.9 Å². The van der Waals surface area contributed by atoms with Crippen molar-refractivity contribution in [3.05, 3.63) is 53.7 Å². The second kappa shape index (κ2) is 7.64. The van der Waals surface area contributed by atoms with Gasteiger partial charge in [0.05, 0.1) is 0 Å². The average Bonchev–Trinajstić information content (AvgIpc) is 2.56. The van der Waals surface area contributed by atoms with Crippen molar-refractivity contribution in [2.45, 2.75) is 26.0 Å². The third-order valence-corrected chi connectivity index (χ3v) is 3.10. The number of benzene rings is 1.